The Labute approximate surface area is 134 Å². The largest absolute Gasteiger partial charge is 0.497 e. The molecule has 0 spiro atoms. The fourth-order valence-electron chi connectivity index (χ4n) is 1.99. The van der Waals surface area contributed by atoms with Crippen molar-refractivity contribution < 1.29 is 27.4 Å². The zero-order valence-electron chi connectivity index (χ0n) is 13.1. The third-order valence-electron chi connectivity index (χ3n) is 3.22. The standard InChI is InChI=1S/C15H19NO6S/c1-10-4-6-13(22-10)12(17)9-16-23(18,19)15-8-11(20-2)5-7-14(15)21-3/h4-8,12,16-17H,9H2,1-3H3. The number of aliphatic hydroxyl groups excluding tert-OH is 1. The van der Waals surface area contributed by atoms with E-state index in [0.29, 0.717) is 17.3 Å². The van der Waals surface area contributed by atoms with Crippen LogP contribution in [0.15, 0.2) is 39.6 Å². The Balaban J connectivity index is 2.18. The van der Waals surface area contributed by atoms with E-state index in [9.17, 15) is 13.5 Å². The van der Waals surface area contributed by atoms with Gasteiger partial charge in [-0.1, -0.05) is 0 Å². The van der Waals surface area contributed by atoms with Crippen molar-refractivity contribution in [2.75, 3.05) is 20.8 Å². The molecule has 0 aliphatic rings. The van der Waals surface area contributed by atoms with Crippen LogP contribution in [0, 0.1) is 6.92 Å². The monoisotopic (exact) mass is 341 g/mol. The Morgan fingerprint density at radius 1 is 1.22 bits per heavy atom. The summed E-state index contributed by atoms with van der Waals surface area (Å²) in [6, 6.07) is 7.74. The normalized spacial score (nSPS) is 12.9. The van der Waals surface area contributed by atoms with Gasteiger partial charge < -0.3 is 19.0 Å². The van der Waals surface area contributed by atoms with Gasteiger partial charge in [0, 0.05) is 12.6 Å². The average Bonchev–Trinajstić information content (AvgIpc) is 2.98. The molecular weight excluding hydrogens is 322 g/mol. The number of hydrogen-bond acceptors (Lipinski definition) is 6. The lowest BCUT2D eigenvalue weighted by molar-refractivity contribution is 0.152. The van der Waals surface area contributed by atoms with Crippen molar-refractivity contribution in [3.63, 3.8) is 0 Å². The number of furan rings is 1. The van der Waals surface area contributed by atoms with Crippen LogP contribution < -0.4 is 14.2 Å². The van der Waals surface area contributed by atoms with Gasteiger partial charge in [-0.2, -0.15) is 0 Å². The maximum Gasteiger partial charge on any atom is 0.244 e. The Bertz CT molecular complexity index is 768. The number of aryl methyl sites for hydroxylation is 1. The molecule has 23 heavy (non-hydrogen) atoms. The van der Waals surface area contributed by atoms with Crippen LogP contribution in [-0.2, 0) is 10.0 Å². The Kier molecular flexibility index (Phi) is 5.30. The molecule has 0 bridgehead atoms. The third kappa shape index (κ3) is 4.04. The van der Waals surface area contributed by atoms with Gasteiger partial charge in [0.1, 0.15) is 34.0 Å². The molecule has 126 valence electrons. The first-order valence-electron chi connectivity index (χ1n) is 6.83. The van der Waals surface area contributed by atoms with E-state index in [-0.39, 0.29) is 17.2 Å². The van der Waals surface area contributed by atoms with Crippen LogP contribution in [-0.4, -0.2) is 34.3 Å². The Morgan fingerprint density at radius 2 is 1.96 bits per heavy atom. The van der Waals surface area contributed by atoms with Crippen LogP contribution >= 0.6 is 0 Å². The summed E-state index contributed by atoms with van der Waals surface area (Å²) in [4.78, 5) is -0.0674. The molecule has 2 N–H and O–H groups in total. The lowest BCUT2D eigenvalue weighted by Crippen LogP contribution is -2.28. The zero-order valence-corrected chi connectivity index (χ0v) is 13.9. The summed E-state index contributed by atoms with van der Waals surface area (Å²) in [6.45, 7) is 1.51. The summed E-state index contributed by atoms with van der Waals surface area (Å²) in [5, 5.41) is 9.99. The van der Waals surface area contributed by atoms with Gasteiger partial charge in [0.25, 0.3) is 0 Å². The number of rotatable bonds is 7. The van der Waals surface area contributed by atoms with Crippen molar-refractivity contribution in [3.05, 3.63) is 41.9 Å². The highest BCUT2D eigenvalue weighted by atomic mass is 32.2. The van der Waals surface area contributed by atoms with Gasteiger partial charge in [0.05, 0.1) is 14.2 Å². The second-order valence-corrected chi connectivity index (χ2v) is 6.57. The molecule has 1 aromatic carbocycles. The van der Waals surface area contributed by atoms with Crippen molar-refractivity contribution in [3.8, 4) is 11.5 Å². The van der Waals surface area contributed by atoms with Gasteiger partial charge in [0.2, 0.25) is 10.0 Å². The maximum atomic E-state index is 12.4. The highest BCUT2D eigenvalue weighted by molar-refractivity contribution is 7.89. The van der Waals surface area contributed by atoms with E-state index in [1.807, 2.05) is 0 Å². The van der Waals surface area contributed by atoms with Gasteiger partial charge >= 0.3 is 0 Å². The molecule has 0 aliphatic heterocycles. The number of methoxy groups -OCH3 is 2. The number of ether oxygens (including phenoxy) is 2. The molecule has 2 rings (SSSR count). The number of nitrogens with one attached hydrogen (secondary N) is 1. The molecular formula is C15H19NO6S. The predicted molar refractivity (Wildman–Crippen MR) is 83.1 cm³/mol. The number of hydrogen-bond donors (Lipinski definition) is 2. The van der Waals surface area contributed by atoms with Gasteiger partial charge in [-0.3, -0.25) is 0 Å². The molecule has 2 aromatic rings. The van der Waals surface area contributed by atoms with E-state index in [4.69, 9.17) is 13.9 Å². The first-order valence-corrected chi connectivity index (χ1v) is 8.32. The summed E-state index contributed by atoms with van der Waals surface area (Å²) >= 11 is 0. The topological polar surface area (TPSA) is 98.0 Å². The summed E-state index contributed by atoms with van der Waals surface area (Å²) in [6.07, 6.45) is -1.09. The molecule has 7 nitrogen and oxygen atoms in total. The first kappa shape index (κ1) is 17.3. The fourth-order valence-corrected chi connectivity index (χ4v) is 3.21. The summed E-state index contributed by atoms with van der Waals surface area (Å²) in [5.74, 6) is 1.49. The molecule has 0 radical (unpaired) electrons. The van der Waals surface area contributed by atoms with Gasteiger partial charge in [0.15, 0.2) is 0 Å². The highest BCUT2D eigenvalue weighted by Gasteiger charge is 2.22. The second kappa shape index (κ2) is 7.03. The van der Waals surface area contributed by atoms with E-state index in [1.54, 1.807) is 25.1 Å². The van der Waals surface area contributed by atoms with Crippen LogP contribution in [0.3, 0.4) is 0 Å². The van der Waals surface area contributed by atoms with E-state index in [1.165, 1.54) is 26.4 Å². The minimum absolute atomic E-state index is 0.0674. The SMILES string of the molecule is COc1ccc(OC)c(S(=O)(=O)NCC(O)c2ccc(C)o2)c1. The molecule has 1 aromatic heterocycles. The van der Waals surface area contributed by atoms with Crippen LogP contribution in [0.1, 0.15) is 17.6 Å². The van der Waals surface area contributed by atoms with Crippen LogP contribution in [0.25, 0.3) is 0 Å². The van der Waals surface area contributed by atoms with E-state index in [0.717, 1.165) is 0 Å². The smallest absolute Gasteiger partial charge is 0.244 e. The number of sulfonamides is 1. The summed E-state index contributed by atoms with van der Waals surface area (Å²) in [7, 11) is -1.07. The zero-order chi connectivity index (χ0) is 17.0. The predicted octanol–water partition coefficient (Wildman–Crippen LogP) is 1.62. The molecule has 1 unspecified atom stereocenters. The maximum absolute atomic E-state index is 12.4. The third-order valence-corrected chi connectivity index (χ3v) is 4.66. The van der Waals surface area contributed by atoms with E-state index < -0.39 is 16.1 Å². The van der Waals surface area contributed by atoms with Crippen molar-refractivity contribution in [1.82, 2.24) is 4.72 Å². The van der Waals surface area contributed by atoms with Crippen molar-refractivity contribution in [2.45, 2.75) is 17.9 Å². The minimum atomic E-state index is -3.89. The van der Waals surface area contributed by atoms with Crippen LogP contribution in [0.2, 0.25) is 0 Å². The van der Waals surface area contributed by atoms with Gasteiger partial charge in [-0.15, -0.1) is 0 Å². The average molecular weight is 341 g/mol. The van der Waals surface area contributed by atoms with Crippen molar-refractivity contribution in [2.24, 2.45) is 0 Å². The molecule has 0 saturated heterocycles. The molecule has 8 heteroatoms. The first-order chi connectivity index (χ1) is 10.9. The van der Waals surface area contributed by atoms with Crippen LogP contribution in [0.5, 0.6) is 11.5 Å². The quantitative estimate of drug-likeness (QED) is 0.794. The van der Waals surface area contributed by atoms with E-state index in [2.05, 4.69) is 4.72 Å². The van der Waals surface area contributed by atoms with Gasteiger partial charge in [-0.25, -0.2) is 13.1 Å². The lowest BCUT2D eigenvalue weighted by Gasteiger charge is -2.13. The molecule has 0 fully saturated rings. The molecule has 0 aliphatic carbocycles. The summed E-state index contributed by atoms with van der Waals surface area (Å²) in [5.41, 5.74) is 0. The molecule has 1 heterocycles. The van der Waals surface area contributed by atoms with Crippen molar-refractivity contribution >= 4 is 10.0 Å². The fraction of sp³-hybridized carbons (Fsp3) is 0.333. The Hall–Kier alpha value is -2.03. The molecule has 0 saturated carbocycles. The minimum Gasteiger partial charge on any atom is -0.497 e. The van der Waals surface area contributed by atoms with Gasteiger partial charge in [-0.05, 0) is 31.2 Å². The van der Waals surface area contributed by atoms with Crippen molar-refractivity contribution in [1.29, 1.82) is 0 Å². The number of aliphatic hydroxyl groups is 1. The lowest BCUT2D eigenvalue weighted by atomic mass is 10.3. The molecule has 1 atom stereocenters. The highest BCUT2D eigenvalue weighted by Crippen LogP contribution is 2.28. The molecule has 0 amide bonds. The second-order valence-electron chi connectivity index (χ2n) is 4.83. The Morgan fingerprint density at radius 3 is 2.52 bits per heavy atom. The van der Waals surface area contributed by atoms with E-state index >= 15 is 0 Å². The summed E-state index contributed by atoms with van der Waals surface area (Å²) < 4.78 is 42.6. The number of benzene rings is 1. The van der Waals surface area contributed by atoms with Crippen LogP contribution in [0.4, 0.5) is 0 Å².